The Hall–Kier alpha value is -4.89. The number of rotatable bonds is 2. The first kappa shape index (κ1) is 22.1. The zero-order valence-corrected chi connectivity index (χ0v) is 22.3. The molecular weight excluding hydrogens is 474 g/mol. The third-order valence-corrected chi connectivity index (χ3v) is 8.62. The molecule has 0 aliphatic heterocycles. The second kappa shape index (κ2) is 8.05. The zero-order chi connectivity index (χ0) is 26.2. The molecule has 0 aliphatic rings. The summed E-state index contributed by atoms with van der Waals surface area (Å²) < 4.78 is 7.06. The Balaban J connectivity index is 1.42. The van der Waals surface area contributed by atoms with Crippen molar-refractivity contribution >= 4 is 54.4 Å². The normalized spacial score (nSPS) is 12.0. The highest BCUT2D eigenvalue weighted by Crippen LogP contribution is 2.39. The molecule has 8 aromatic rings. The summed E-state index contributed by atoms with van der Waals surface area (Å²) in [5.41, 5.74) is 9.92. The van der Waals surface area contributed by atoms with Crippen LogP contribution in [0.15, 0.2) is 115 Å². The molecule has 3 heteroatoms. The fourth-order valence-electron chi connectivity index (χ4n) is 6.82. The summed E-state index contributed by atoms with van der Waals surface area (Å²) in [6.45, 7) is 0. The van der Waals surface area contributed by atoms with E-state index in [2.05, 4.69) is 150 Å². The first-order chi connectivity index (χ1) is 19.1. The molecule has 5 aromatic carbocycles. The standard InChI is InChI=1S/C36H28N3/c1-37-31(27-15-8-14-26-25-13-6-7-18-30(25)38(2)35(26)27)19-10-20-32(37)28-16-9-17-29-34-24-12-5-4-11-23(24)21-22-33(34)39(3)36(28)29/h4-22H,1-3H3/q+1. The SMILES string of the molecule is Cn1c2ccccc2c2cccc(-c3cccc(-c4cccc5c6c7ccccc7ccc6n(C)c45)[n+]3C)c21. The average Bonchev–Trinajstić information content (AvgIpc) is 3.45. The van der Waals surface area contributed by atoms with Gasteiger partial charge in [0, 0.05) is 58.8 Å². The van der Waals surface area contributed by atoms with Gasteiger partial charge in [0.1, 0.15) is 7.05 Å². The van der Waals surface area contributed by atoms with Crippen LogP contribution in [0, 0.1) is 0 Å². The van der Waals surface area contributed by atoms with Gasteiger partial charge in [-0.25, -0.2) is 0 Å². The number of pyridine rings is 1. The molecule has 0 N–H and O–H groups in total. The summed E-state index contributed by atoms with van der Waals surface area (Å²) in [5, 5.41) is 7.79. The summed E-state index contributed by atoms with van der Waals surface area (Å²) in [4.78, 5) is 0. The Morgan fingerprint density at radius 2 is 1.03 bits per heavy atom. The van der Waals surface area contributed by atoms with E-state index >= 15 is 0 Å². The van der Waals surface area contributed by atoms with Gasteiger partial charge in [-0.1, -0.05) is 72.8 Å². The minimum atomic E-state index is 1.20. The van der Waals surface area contributed by atoms with E-state index in [0.717, 1.165) is 0 Å². The molecule has 3 nitrogen and oxygen atoms in total. The molecule has 186 valence electrons. The Bertz CT molecular complexity index is 2260. The highest BCUT2D eigenvalue weighted by atomic mass is 15.0. The van der Waals surface area contributed by atoms with Crippen molar-refractivity contribution in [2.45, 2.75) is 0 Å². The van der Waals surface area contributed by atoms with Crippen LogP contribution in [0.25, 0.3) is 76.9 Å². The van der Waals surface area contributed by atoms with Gasteiger partial charge in [0.05, 0.1) is 22.2 Å². The van der Waals surface area contributed by atoms with Crippen LogP contribution in [0.2, 0.25) is 0 Å². The zero-order valence-electron chi connectivity index (χ0n) is 22.3. The molecule has 0 unspecified atom stereocenters. The highest BCUT2D eigenvalue weighted by molar-refractivity contribution is 6.22. The minimum Gasteiger partial charge on any atom is -0.343 e. The van der Waals surface area contributed by atoms with Crippen LogP contribution < -0.4 is 4.57 Å². The van der Waals surface area contributed by atoms with Crippen LogP contribution in [0.1, 0.15) is 0 Å². The van der Waals surface area contributed by atoms with Crippen LogP contribution in [0.3, 0.4) is 0 Å². The van der Waals surface area contributed by atoms with Crippen LogP contribution in [0.5, 0.6) is 0 Å². The molecule has 3 heterocycles. The van der Waals surface area contributed by atoms with Crippen molar-refractivity contribution in [3.63, 3.8) is 0 Å². The maximum absolute atomic E-state index is 2.36. The van der Waals surface area contributed by atoms with Gasteiger partial charge >= 0.3 is 0 Å². The van der Waals surface area contributed by atoms with Gasteiger partial charge < -0.3 is 9.13 Å². The number of hydrogen-bond acceptors (Lipinski definition) is 0. The molecule has 0 atom stereocenters. The average molecular weight is 503 g/mol. The summed E-state index contributed by atoms with van der Waals surface area (Å²) >= 11 is 0. The highest BCUT2D eigenvalue weighted by Gasteiger charge is 2.23. The van der Waals surface area contributed by atoms with E-state index in [9.17, 15) is 0 Å². The van der Waals surface area contributed by atoms with E-state index < -0.39 is 0 Å². The van der Waals surface area contributed by atoms with Crippen molar-refractivity contribution in [3.8, 4) is 22.5 Å². The molecule has 0 bridgehead atoms. The fraction of sp³-hybridized carbons (Fsp3) is 0.0833. The van der Waals surface area contributed by atoms with Crippen molar-refractivity contribution in [1.82, 2.24) is 9.13 Å². The quantitative estimate of drug-likeness (QED) is 0.211. The Morgan fingerprint density at radius 1 is 0.462 bits per heavy atom. The van der Waals surface area contributed by atoms with Gasteiger partial charge in [0.15, 0.2) is 0 Å². The van der Waals surface area contributed by atoms with Crippen LogP contribution in [-0.2, 0) is 21.1 Å². The number of nitrogens with zero attached hydrogens (tertiary/aromatic N) is 3. The lowest BCUT2D eigenvalue weighted by atomic mass is 10.0. The molecule has 0 radical (unpaired) electrons. The summed E-state index contributed by atoms with van der Waals surface area (Å²) in [6.07, 6.45) is 0. The number of aromatic nitrogens is 3. The van der Waals surface area contributed by atoms with Crippen molar-refractivity contribution < 1.29 is 4.57 Å². The Kier molecular flexibility index (Phi) is 4.57. The molecular formula is C36H28N3+. The molecule has 3 aromatic heterocycles. The topological polar surface area (TPSA) is 13.7 Å². The number of aryl methyl sites for hydroxylation is 2. The predicted octanol–water partition coefficient (Wildman–Crippen LogP) is 8.29. The number of hydrogen-bond donors (Lipinski definition) is 0. The number of para-hydroxylation sites is 3. The molecule has 0 aliphatic carbocycles. The third kappa shape index (κ3) is 2.96. The van der Waals surface area contributed by atoms with E-state index in [1.807, 2.05) is 0 Å². The van der Waals surface area contributed by atoms with Crippen molar-refractivity contribution in [3.05, 3.63) is 115 Å². The third-order valence-electron chi connectivity index (χ3n) is 8.62. The lowest BCUT2D eigenvalue weighted by Gasteiger charge is -2.10. The molecule has 39 heavy (non-hydrogen) atoms. The fourth-order valence-corrected chi connectivity index (χ4v) is 6.82. The first-order valence-electron chi connectivity index (χ1n) is 13.5. The van der Waals surface area contributed by atoms with Crippen LogP contribution in [-0.4, -0.2) is 9.13 Å². The second-order valence-electron chi connectivity index (χ2n) is 10.6. The second-order valence-corrected chi connectivity index (χ2v) is 10.6. The largest absolute Gasteiger partial charge is 0.343 e. The van der Waals surface area contributed by atoms with Crippen LogP contribution >= 0.6 is 0 Å². The molecule has 0 amide bonds. The Labute approximate surface area is 226 Å². The number of fused-ring (bicyclic) bond motifs is 8. The first-order valence-corrected chi connectivity index (χ1v) is 13.5. The van der Waals surface area contributed by atoms with Crippen molar-refractivity contribution in [2.24, 2.45) is 21.1 Å². The van der Waals surface area contributed by atoms with Gasteiger partial charge in [0.25, 0.3) is 0 Å². The van der Waals surface area contributed by atoms with Gasteiger partial charge in [0.2, 0.25) is 11.4 Å². The van der Waals surface area contributed by atoms with Gasteiger partial charge in [-0.3, -0.25) is 0 Å². The summed E-state index contributed by atoms with van der Waals surface area (Å²) in [6, 6.07) is 42.0. The van der Waals surface area contributed by atoms with Gasteiger partial charge in [-0.05, 0) is 41.1 Å². The lowest BCUT2D eigenvalue weighted by Crippen LogP contribution is -2.34. The minimum absolute atomic E-state index is 1.20. The van der Waals surface area contributed by atoms with E-state index in [4.69, 9.17) is 0 Å². The predicted molar refractivity (Wildman–Crippen MR) is 164 cm³/mol. The molecule has 0 fully saturated rings. The maximum atomic E-state index is 2.36. The van der Waals surface area contributed by atoms with Gasteiger partial charge in [-0.15, -0.1) is 0 Å². The van der Waals surface area contributed by atoms with E-state index in [1.54, 1.807) is 0 Å². The summed E-state index contributed by atoms with van der Waals surface area (Å²) in [7, 11) is 6.57. The number of benzene rings is 5. The van der Waals surface area contributed by atoms with Crippen LogP contribution in [0.4, 0.5) is 0 Å². The molecule has 0 saturated heterocycles. The molecule has 0 saturated carbocycles. The molecule has 0 spiro atoms. The summed E-state index contributed by atoms with van der Waals surface area (Å²) in [5.74, 6) is 0. The molecule has 8 rings (SSSR count). The maximum Gasteiger partial charge on any atom is 0.214 e. The van der Waals surface area contributed by atoms with E-state index in [-0.39, 0.29) is 0 Å². The van der Waals surface area contributed by atoms with Crippen molar-refractivity contribution in [2.75, 3.05) is 0 Å². The van der Waals surface area contributed by atoms with E-state index in [0.29, 0.717) is 0 Å². The monoisotopic (exact) mass is 502 g/mol. The lowest BCUT2D eigenvalue weighted by molar-refractivity contribution is -0.649. The van der Waals surface area contributed by atoms with Gasteiger partial charge in [-0.2, -0.15) is 4.57 Å². The smallest absolute Gasteiger partial charge is 0.214 e. The Morgan fingerprint density at radius 3 is 1.79 bits per heavy atom. The van der Waals surface area contributed by atoms with E-state index in [1.165, 1.54) is 76.9 Å². The van der Waals surface area contributed by atoms with Crippen molar-refractivity contribution in [1.29, 1.82) is 0 Å².